The molecule has 0 bridgehead atoms. The van der Waals surface area contributed by atoms with Gasteiger partial charge in [-0.25, -0.2) is 4.79 Å². The molecule has 0 radical (unpaired) electrons. The third-order valence-corrected chi connectivity index (χ3v) is 5.18. The summed E-state index contributed by atoms with van der Waals surface area (Å²) in [5.41, 5.74) is 1.72. The molecule has 0 aliphatic carbocycles. The Labute approximate surface area is 168 Å². The van der Waals surface area contributed by atoms with Crippen molar-refractivity contribution in [3.05, 3.63) is 74.4 Å². The molecule has 1 N–H and O–H groups in total. The van der Waals surface area contributed by atoms with E-state index >= 15 is 0 Å². The number of morpholine rings is 1. The Morgan fingerprint density at radius 2 is 1.83 bits per heavy atom. The molecule has 0 spiro atoms. The van der Waals surface area contributed by atoms with Gasteiger partial charge in [-0.15, -0.1) is 0 Å². The monoisotopic (exact) mass is 395 g/mol. The zero-order valence-electron chi connectivity index (χ0n) is 16.5. The van der Waals surface area contributed by atoms with Crippen LogP contribution in [-0.4, -0.2) is 53.9 Å². The highest BCUT2D eigenvalue weighted by atomic mass is 16.5. The van der Waals surface area contributed by atoms with Gasteiger partial charge in [0.05, 0.1) is 30.7 Å². The predicted octanol–water partition coefficient (Wildman–Crippen LogP) is 1.76. The molecule has 0 saturated carbocycles. The van der Waals surface area contributed by atoms with Crippen LogP contribution < -0.4 is 16.0 Å². The molecule has 2 heterocycles. The summed E-state index contributed by atoms with van der Waals surface area (Å²) in [5.74, 6) is 0.775. The summed E-state index contributed by atoms with van der Waals surface area (Å²) in [4.78, 5) is 30.2. The fourth-order valence-corrected chi connectivity index (χ4v) is 3.50. The number of ether oxygens (including phenoxy) is 2. The van der Waals surface area contributed by atoms with Crippen molar-refractivity contribution in [2.75, 3.05) is 39.5 Å². The first kappa shape index (κ1) is 19.4. The number of aryl methyl sites for hydroxylation is 1. The molecule has 29 heavy (non-hydrogen) atoms. The Morgan fingerprint density at radius 1 is 1.07 bits per heavy atom. The van der Waals surface area contributed by atoms with Crippen molar-refractivity contribution in [3.8, 4) is 5.75 Å². The van der Waals surface area contributed by atoms with Gasteiger partial charge in [0.15, 0.2) is 0 Å². The van der Waals surface area contributed by atoms with Gasteiger partial charge in [0, 0.05) is 19.6 Å². The summed E-state index contributed by atoms with van der Waals surface area (Å²) in [6.07, 6.45) is 0. The van der Waals surface area contributed by atoms with Crippen LogP contribution in [0.1, 0.15) is 11.1 Å². The second-order valence-corrected chi connectivity index (χ2v) is 7.32. The van der Waals surface area contributed by atoms with Crippen molar-refractivity contribution in [2.24, 2.45) is 0 Å². The fourth-order valence-electron chi connectivity index (χ4n) is 3.50. The summed E-state index contributed by atoms with van der Waals surface area (Å²) < 4.78 is 12.4. The summed E-state index contributed by atoms with van der Waals surface area (Å²) in [7, 11) is 0. The Kier molecular flexibility index (Phi) is 5.78. The molecular weight excluding hydrogens is 370 g/mol. The van der Waals surface area contributed by atoms with Gasteiger partial charge in [-0.3, -0.25) is 14.3 Å². The van der Waals surface area contributed by atoms with Gasteiger partial charge in [0.25, 0.3) is 5.56 Å². The van der Waals surface area contributed by atoms with Crippen LogP contribution in [0.15, 0.2) is 52.1 Å². The fraction of sp³-hybridized carbons (Fsp3) is 0.364. The number of H-pyrrole nitrogens is 1. The third-order valence-electron chi connectivity index (χ3n) is 5.18. The molecule has 1 saturated heterocycles. The van der Waals surface area contributed by atoms with Gasteiger partial charge in [-0.05, 0) is 36.8 Å². The minimum absolute atomic E-state index is 0.214. The lowest BCUT2D eigenvalue weighted by Crippen LogP contribution is -2.38. The van der Waals surface area contributed by atoms with E-state index in [1.54, 1.807) is 12.1 Å². The van der Waals surface area contributed by atoms with Crippen LogP contribution >= 0.6 is 0 Å². The van der Waals surface area contributed by atoms with E-state index in [4.69, 9.17) is 9.47 Å². The number of nitrogens with zero attached hydrogens (tertiary/aromatic N) is 2. The van der Waals surface area contributed by atoms with E-state index in [2.05, 4.69) is 9.88 Å². The molecule has 1 aliphatic heterocycles. The van der Waals surface area contributed by atoms with E-state index in [1.165, 1.54) is 4.57 Å². The highest BCUT2D eigenvalue weighted by Gasteiger charge is 2.10. The second kappa shape index (κ2) is 8.63. The Morgan fingerprint density at radius 3 is 2.59 bits per heavy atom. The van der Waals surface area contributed by atoms with Gasteiger partial charge in [0.1, 0.15) is 12.4 Å². The predicted molar refractivity (Wildman–Crippen MR) is 112 cm³/mol. The Balaban J connectivity index is 1.43. The molecule has 3 aromatic rings. The highest BCUT2D eigenvalue weighted by Crippen LogP contribution is 2.13. The van der Waals surface area contributed by atoms with Crippen molar-refractivity contribution in [1.82, 2.24) is 14.5 Å². The van der Waals surface area contributed by atoms with Gasteiger partial charge >= 0.3 is 5.69 Å². The standard InChI is InChI=1S/C22H25N3O4/c1-16-2-7-20-19(14-16)21(26)25(22(27)23-20)15-17-3-5-18(6-4-17)29-13-10-24-8-11-28-12-9-24/h2-7,14H,8-13,15H2,1H3,(H,23,27). The topological polar surface area (TPSA) is 76.6 Å². The van der Waals surface area contributed by atoms with Gasteiger partial charge in [-0.2, -0.15) is 0 Å². The third kappa shape index (κ3) is 4.58. The number of hydrogen-bond donors (Lipinski definition) is 1. The average Bonchev–Trinajstić information content (AvgIpc) is 2.74. The molecule has 0 amide bonds. The zero-order chi connectivity index (χ0) is 20.2. The molecule has 1 fully saturated rings. The van der Waals surface area contributed by atoms with E-state index in [9.17, 15) is 9.59 Å². The first-order chi connectivity index (χ1) is 14.1. The lowest BCUT2D eigenvalue weighted by Gasteiger charge is -2.26. The quantitative estimate of drug-likeness (QED) is 0.688. The van der Waals surface area contributed by atoms with Crippen LogP contribution in [0.4, 0.5) is 0 Å². The van der Waals surface area contributed by atoms with Crippen molar-refractivity contribution < 1.29 is 9.47 Å². The van der Waals surface area contributed by atoms with E-state index in [0.717, 1.165) is 49.7 Å². The molecule has 1 aliphatic rings. The van der Waals surface area contributed by atoms with Crippen molar-refractivity contribution in [3.63, 3.8) is 0 Å². The number of benzene rings is 2. The molecule has 7 nitrogen and oxygen atoms in total. The van der Waals surface area contributed by atoms with Crippen molar-refractivity contribution in [2.45, 2.75) is 13.5 Å². The number of hydrogen-bond acceptors (Lipinski definition) is 5. The summed E-state index contributed by atoms with van der Waals surface area (Å²) in [5, 5.41) is 0.521. The maximum Gasteiger partial charge on any atom is 0.329 e. The Bertz CT molecular complexity index is 1100. The normalized spacial score (nSPS) is 14.9. The maximum absolute atomic E-state index is 12.8. The van der Waals surface area contributed by atoms with Gasteiger partial charge < -0.3 is 14.5 Å². The summed E-state index contributed by atoms with van der Waals surface area (Å²) in [6, 6.07) is 13.0. The molecular formula is C22H25N3O4. The number of aromatic amines is 1. The first-order valence-electron chi connectivity index (χ1n) is 9.85. The molecule has 2 aromatic carbocycles. The molecule has 4 rings (SSSR count). The maximum atomic E-state index is 12.8. The summed E-state index contributed by atoms with van der Waals surface area (Å²) >= 11 is 0. The lowest BCUT2D eigenvalue weighted by molar-refractivity contribution is 0.0322. The lowest BCUT2D eigenvalue weighted by atomic mass is 10.1. The van der Waals surface area contributed by atoms with Crippen LogP contribution in [0.25, 0.3) is 10.9 Å². The van der Waals surface area contributed by atoms with Crippen molar-refractivity contribution >= 4 is 10.9 Å². The van der Waals surface area contributed by atoms with Gasteiger partial charge in [0.2, 0.25) is 0 Å². The number of fused-ring (bicyclic) bond motifs is 1. The van der Waals surface area contributed by atoms with E-state index < -0.39 is 5.69 Å². The van der Waals surface area contributed by atoms with Gasteiger partial charge in [-0.1, -0.05) is 23.8 Å². The second-order valence-electron chi connectivity index (χ2n) is 7.32. The van der Waals surface area contributed by atoms with E-state index in [1.807, 2.05) is 37.3 Å². The van der Waals surface area contributed by atoms with Crippen LogP contribution in [0, 0.1) is 6.92 Å². The molecule has 0 atom stereocenters. The van der Waals surface area contributed by atoms with Crippen LogP contribution in [0.5, 0.6) is 5.75 Å². The largest absolute Gasteiger partial charge is 0.492 e. The minimum atomic E-state index is -0.405. The van der Waals surface area contributed by atoms with Crippen LogP contribution in [0.3, 0.4) is 0 Å². The molecule has 152 valence electrons. The zero-order valence-corrected chi connectivity index (χ0v) is 16.5. The van der Waals surface area contributed by atoms with E-state index in [-0.39, 0.29) is 12.1 Å². The SMILES string of the molecule is Cc1ccc2[nH]c(=O)n(Cc3ccc(OCCN4CCOCC4)cc3)c(=O)c2c1. The Hall–Kier alpha value is -2.90. The first-order valence-corrected chi connectivity index (χ1v) is 9.85. The smallest absolute Gasteiger partial charge is 0.329 e. The highest BCUT2D eigenvalue weighted by molar-refractivity contribution is 5.77. The molecule has 0 unspecified atom stereocenters. The van der Waals surface area contributed by atoms with Crippen LogP contribution in [0.2, 0.25) is 0 Å². The average molecular weight is 395 g/mol. The van der Waals surface area contributed by atoms with Crippen molar-refractivity contribution in [1.29, 1.82) is 0 Å². The molecule has 7 heteroatoms. The number of nitrogens with one attached hydrogen (secondary N) is 1. The van der Waals surface area contributed by atoms with Crippen LogP contribution in [-0.2, 0) is 11.3 Å². The number of rotatable bonds is 6. The van der Waals surface area contributed by atoms with E-state index in [0.29, 0.717) is 17.5 Å². The molecule has 1 aromatic heterocycles. The summed E-state index contributed by atoms with van der Waals surface area (Å²) in [6.45, 7) is 7.06. The minimum Gasteiger partial charge on any atom is -0.492 e. The number of aromatic nitrogens is 2.